The molecule has 0 spiro atoms. The van der Waals surface area contributed by atoms with E-state index in [2.05, 4.69) is 18.7 Å². The first-order valence-corrected chi connectivity index (χ1v) is 8.52. The number of amides is 1. The second kappa shape index (κ2) is 7.84. The summed E-state index contributed by atoms with van der Waals surface area (Å²) in [6, 6.07) is 10.1. The third-order valence-electron chi connectivity index (χ3n) is 4.30. The van der Waals surface area contributed by atoms with Crippen molar-refractivity contribution in [3.8, 4) is 0 Å². The summed E-state index contributed by atoms with van der Waals surface area (Å²) in [7, 11) is 0. The van der Waals surface area contributed by atoms with E-state index in [4.69, 9.17) is 11.6 Å². The van der Waals surface area contributed by atoms with Gasteiger partial charge in [0.25, 0.3) is 0 Å². The molecule has 1 fully saturated rings. The topological polar surface area (TPSA) is 20.3 Å². The molecule has 0 radical (unpaired) electrons. The third-order valence-corrected chi connectivity index (χ3v) is 4.74. The van der Waals surface area contributed by atoms with Crippen LogP contribution in [0.2, 0.25) is 0 Å². The molecule has 1 aliphatic rings. The van der Waals surface area contributed by atoms with Crippen molar-refractivity contribution in [1.29, 1.82) is 0 Å². The Balaban J connectivity index is 2.09. The Bertz CT molecular complexity index is 440. The van der Waals surface area contributed by atoms with Crippen molar-refractivity contribution in [1.82, 2.24) is 4.90 Å². The predicted molar refractivity (Wildman–Crippen MR) is 88.5 cm³/mol. The van der Waals surface area contributed by atoms with Gasteiger partial charge in [-0.15, -0.1) is 11.6 Å². The van der Waals surface area contributed by atoms with Gasteiger partial charge in [-0.25, -0.2) is 0 Å². The first-order valence-electron chi connectivity index (χ1n) is 8.09. The largest absolute Gasteiger partial charge is 0.338 e. The molecule has 0 N–H and O–H groups in total. The van der Waals surface area contributed by atoms with Gasteiger partial charge in [-0.05, 0) is 30.7 Å². The quantitative estimate of drug-likeness (QED) is 0.692. The molecule has 21 heavy (non-hydrogen) atoms. The molecule has 0 bridgehead atoms. The first kappa shape index (κ1) is 16.4. The van der Waals surface area contributed by atoms with E-state index >= 15 is 0 Å². The van der Waals surface area contributed by atoms with Crippen molar-refractivity contribution < 1.29 is 4.79 Å². The number of carbonyl (C=O) groups excluding carboxylic acids is 1. The highest BCUT2D eigenvalue weighted by Gasteiger charge is 2.30. The number of carbonyl (C=O) groups is 1. The molecule has 1 amide bonds. The molecular weight excluding hydrogens is 282 g/mol. The first-order chi connectivity index (χ1) is 10.1. The fourth-order valence-electron chi connectivity index (χ4n) is 3.00. The Labute approximate surface area is 133 Å². The van der Waals surface area contributed by atoms with E-state index in [-0.39, 0.29) is 5.91 Å². The third kappa shape index (κ3) is 4.47. The van der Waals surface area contributed by atoms with Crippen LogP contribution in [0.1, 0.15) is 56.9 Å². The summed E-state index contributed by atoms with van der Waals surface area (Å²) >= 11 is 6.45. The van der Waals surface area contributed by atoms with Crippen LogP contribution in [-0.2, 0) is 4.79 Å². The van der Waals surface area contributed by atoms with Crippen molar-refractivity contribution in [2.45, 2.75) is 57.4 Å². The molecule has 1 aromatic carbocycles. The number of alkyl halides is 1. The van der Waals surface area contributed by atoms with Crippen LogP contribution >= 0.6 is 11.6 Å². The Kier molecular flexibility index (Phi) is 6.10. The van der Waals surface area contributed by atoms with Crippen LogP contribution in [0.5, 0.6) is 0 Å². The minimum Gasteiger partial charge on any atom is -0.338 e. The summed E-state index contributed by atoms with van der Waals surface area (Å²) in [6.45, 7) is 5.23. The van der Waals surface area contributed by atoms with Gasteiger partial charge < -0.3 is 4.90 Å². The Morgan fingerprint density at radius 1 is 1.24 bits per heavy atom. The lowest BCUT2D eigenvalue weighted by atomic mass is 10.1. The summed E-state index contributed by atoms with van der Waals surface area (Å²) in [5.74, 6) is 0.683. The van der Waals surface area contributed by atoms with E-state index in [9.17, 15) is 4.79 Å². The van der Waals surface area contributed by atoms with Gasteiger partial charge in [-0.1, -0.05) is 57.0 Å². The smallest absolute Gasteiger partial charge is 0.245 e. The van der Waals surface area contributed by atoms with Crippen molar-refractivity contribution in [3.63, 3.8) is 0 Å². The van der Waals surface area contributed by atoms with Crippen molar-refractivity contribution in [2.75, 3.05) is 6.54 Å². The standard InChI is InChI=1S/C18H26ClNO/c1-14(2)12-13-20(16-10-6-7-11-16)18(21)17(19)15-8-4-3-5-9-15/h3-5,8-9,14,16-17H,6-7,10-13H2,1-2H3. The zero-order valence-electron chi connectivity index (χ0n) is 13.1. The van der Waals surface area contributed by atoms with Gasteiger partial charge in [0, 0.05) is 12.6 Å². The maximum atomic E-state index is 12.8. The number of hydrogen-bond acceptors (Lipinski definition) is 1. The number of rotatable bonds is 6. The minimum absolute atomic E-state index is 0.0791. The molecule has 2 rings (SSSR count). The number of halogens is 1. The van der Waals surface area contributed by atoms with Crippen molar-refractivity contribution >= 4 is 17.5 Å². The van der Waals surface area contributed by atoms with Gasteiger partial charge in [0.1, 0.15) is 5.38 Å². The van der Waals surface area contributed by atoms with Crippen LogP contribution in [0.25, 0.3) is 0 Å². The molecule has 1 atom stereocenters. The molecule has 0 aromatic heterocycles. The molecule has 2 nitrogen and oxygen atoms in total. The highest BCUT2D eigenvalue weighted by Crippen LogP contribution is 2.29. The minimum atomic E-state index is -0.557. The highest BCUT2D eigenvalue weighted by molar-refractivity contribution is 6.30. The maximum Gasteiger partial charge on any atom is 0.245 e. The van der Waals surface area contributed by atoms with E-state index in [1.54, 1.807) is 0 Å². The Morgan fingerprint density at radius 3 is 2.43 bits per heavy atom. The van der Waals surface area contributed by atoms with Crippen LogP contribution < -0.4 is 0 Å². The molecule has 1 saturated carbocycles. The average Bonchev–Trinajstić information content (AvgIpc) is 3.01. The fraction of sp³-hybridized carbons (Fsp3) is 0.611. The summed E-state index contributed by atoms with van der Waals surface area (Å²) in [5.41, 5.74) is 0.900. The molecule has 3 heteroatoms. The van der Waals surface area contributed by atoms with E-state index in [1.807, 2.05) is 30.3 Å². The zero-order chi connectivity index (χ0) is 15.2. The normalized spacial score (nSPS) is 17.1. The lowest BCUT2D eigenvalue weighted by molar-refractivity contribution is -0.133. The zero-order valence-corrected chi connectivity index (χ0v) is 13.9. The van der Waals surface area contributed by atoms with Gasteiger partial charge in [0.2, 0.25) is 5.91 Å². The van der Waals surface area contributed by atoms with Crippen LogP contribution in [0.3, 0.4) is 0 Å². The fourth-order valence-corrected chi connectivity index (χ4v) is 3.27. The van der Waals surface area contributed by atoms with Gasteiger partial charge in [-0.3, -0.25) is 4.79 Å². The van der Waals surface area contributed by atoms with Crippen molar-refractivity contribution in [3.05, 3.63) is 35.9 Å². The van der Waals surface area contributed by atoms with Crippen LogP contribution in [0.4, 0.5) is 0 Å². The summed E-state index contributed by atoms with van der Waals surface area (Å²) in [6.07, 6.45) is 5.76. The highest BCUT2D eigenvalue weighted by atomic mass is 35.5. The van der Waals surface area contributed by atoms with Crippen LogP contribution in [0, 0.1) is 5.92 Å². The molecule has 1 aromatic rings. The van der Waals surface area contributed by atoms with Gasteiger partial charge >= 0.3 is 0 Å². The van der Waals surface area contributed by atoms with E-state index in [0.29, 0.717) is 12.0 Å². The molecular formula is C18H26ClNO. The summed E-state index contributed by atoms with van der Waals surface area (Å²) in [5, 5.41) is -0.557. The second-order valence-corrected chi connectivity index (χ2v) is 6.86. The van der Waals surface area contributed by atoms with E-state index in [1.165, 1.54) is 12.8 Å². The maximum absolute atomic E-state index is 12.8. The van der Waals surface area contributed by atoms with Crippen LogP contribution in [-0.4, -0.2) is 23.4 Å². The molecule has 1 unspecified atom stereocenters. The van der Waals surface area contributed by atoms with Crippen LogP contribution in [0.15, 0.2) is 30.3 Å². The lowest BCUT2D eigenvalue weighted by Gasteiger charge is -2.31. The average molecular weight is 308 g/mol. The monoisotopic (exact) mass is 307 g/mol. The Hall–Kier alpha value is -1.02. The Morgan fingerprint density at radius 2 is 1.86 bits per heavy atom. The van der Waals surface area contributed by atoms with E-state index < -0.39 is 5.38 Å². The van der Waals surface area contributed by atoms with E-state index in [0.717, 1.165) is 31.4 Å². The van der Waals surface area contributed by atoms with Gasteiger partial charge in [-0.2, -0.15) is 0 Å². The lowest BCUT2D eigenvalue weighted by Crippen LogP contribution is -2.41. The second-order valence-electron chi connectivity index (χ2n) is 6.43. The summed E-state index contributed by atoms with van der Waals surface area (Å²) < 4.78 is 0. The molecule has 0 saturated heterocycles. The number of benzene rings is 1. The molecule has 1 aliphatic carbocycles. The molecule has 0 aliphatic heterocycles. The van der Waals surface area contributed by atoms with Gasteiger partial charge in [0.05, 0.1) is 0 Å². The predicted octanol–water partition coefficient (Wildman–Crippen LogP) is 4.78. The SMILES string of the molecule is CC(C)CCN(C(=O)C(Cl)c1ccccc1)C1CCCC1. The summed E-state index contributed by atoms with van der Waals surface area (Å²) in [4.78, 5) is 14.9. The van der Waals surface area contributed by atoms with Crippen molar-refractivity contribution in [2.24, 2.45) is 5.92 Å². The number of hydrogen-bond donors (Lipinski definition) is 0. The molecule has 0 heterocycles. The number of nitrogens with zero attached hydrogens (tertiary/aromatic N) is 1. The van der Waals surface area contributed by atoms with Gasteiger partial charge in [0.15, 0.2) is 0 Å². The molecule has 116 valence electrons.